The lowest BCUT2D eigenvalue weighted by atomic mass is 9.94. The molecule has 21 heavy (non-hydrogen) atoms. The van der Waals surface area contributed by atoms with Crippen LogP contribution >= 0.6 is 0 Å². The van der Waals surface area contributed by atoms with Crippen LogP contribution in [-0.2, 0) is 17.4 Å². The SMILES string of the molecule is Cn1c(C#N)ccc1N1C(=O)OC(C)(C)c2ccccc21. The Bertz CT molecular complexity index is 768. The summed E-state index contributed by atoms with van der Waals surface area (Å²) in [7, 11) is 1.75. The van der Waals surface area contributed by atoms with E-state index in [4.69, 9.17) is 10.00 Å². The van der Waals surface area contributed by atoms with Crippen LogP contribution in [0.25, 0.3) is 0 Å². The van der Waals surface area contributed by atoms with Crippen LogP contribution in [0.3, 0.4) is 0 Å². The average Bonchev–Trinajstić information content (AvgIpc) is 2.80. The molecule has 1 amide bonds. The first-order valence-electron chi connectivity index (χ1n) is 6.64. The monoisotopic (exact) mass is 281 g/mol. The van der Waals surface area contributed by atoms with Crippen molar-refractivity contribution in [3.63, 3.8) is 0 Å². The van der Waals surface area contributed by atoms with E-state index >= 15 is 0 Å². The third kappa shape index (κ3) is 1.88. The Balaban J connectivity index is 2.21. The van der Waals surface area contributed by atoms with Crippen molar-refractivity contribution in [1.29, 1.82) is 5.26 Å². The average molecular weight is 281 g/mol. The van der Waals surface area contributed by atoms with Crippen molar-refractivity contribution in [3.8, 4) is 6.07 Å². The minimum Gasteiger partial charge on any atom is -0.438 e. The van der Waals surface area contributed by atoms with Crippen LogP contribution in [0.5, 0.6) is 0 Å². The highest BCUT2D eigenvalue weighted by atomic mass is 16.6. The zero-order valence-electron chi connectivity index (χ0n) is 12.1. The number of hydrogen-bond donors (Lipinski definition) is 0. The molecular formula is C16H15N3O2. The van der Waals surface area contributed by atoms with E-state index in [1.807, 2.05) is 38.1 Å². The van der Waals surface area contributed by atoms with E-state index in [2.05, 4.69) is 6.07 Å². The molecule has 0 aliphatic carbocycles. The van der Waals surface area contributed by atoms with Crippen molar-refractivity contribution >= 4 is 17.6 Å². The summed E-state index contributed by atoms with van der Waals surface area (Å²) in [6, 6.07) is 13.2. The van der Waals surface area contributed by atoms with E-state index in [0.29, 0.717) is 11.5 Å². The molecule has 0 unspecified atom stereocenters. The fraction of sp³-hybridized carbons (Fsp3) is 0.250. The van der Waals surface area contributed by atoms with Crippen LogP contribution in [0, 0.1) is 11.3 Å². The van der Waals surface area contributed by atoms with Gasteiger partial charge in [0.2, 0.25) is 0 Å². The molecule has 3 rings (SSSR count). The maximum atomic E-state index is 12.4. The fourth-order valence-corrected chi connectivity index (χ4v) is 2.65. The predicted molar refractivity (Wildman–Crippen MR) is 78.2 cm³/mol. The summed E-state index contributed by atoms with van der Waals surface area (Å²) in [6.45, 7) is 3.74. The number of para-hydroxylation sites is 1. The lowest BCUT2D eigenvalue weighted by molar-refractivity contribution is 0.0372. The number of fused-ring (bicyclic) bond motifs is 1. The van der Waals surface area contributed by atoms with E-state index in [-0.39, 0.29) is 0 Å². The molecule has 0 spiro atoms. The van der Waals surface area contributed by atoms with Gasteiger partial charge >= 0.3 is 6.09 Å². The largest absolute Gasteiger partial charge is 0.438 e. The summed E-state index contributed by atoms with van der Waals surface area (Å²) in [5.74, 6) is 0.611. The molecule has 1 aromatic heterocycles. The Kier molecular flexibility index (Phi) is 2.77. The molecule has 2 aromatic rings. The lowest BCUT2D eigenvalue weighted by Gasteiger charge is -2.38. The molecule has 0 atom stereocenters. The first-order chi connectivity index (χ1) is 9.95. The minimum atomic E-state index is -0.673. The van der Waals surface area contributed by atoms with Gasteiger partial charge in [0.05, 0.1) is 5.69 Å². The third-order valence-corrected chi connectivity index (χ3v) is 3.76. The lowest BCUT2D eigenvalue weighted by Crippen LogP contribution is -2.41. The number of nitrogens with zero attached hydrogens (tertiary/aromatic N) is 3. The number of cyclic esters (lactones) is 1. The number of amides is 1. The molecule has 2 heterocycles. The van der Waals surface area contributed by atoms with E-state index in [0.717, 1.165) is 11.3 Å². The quantitative estimate of drug-likeness (QED) is 0.804. The molecule has 0 saturated carbocycles. The highest BCUT2D eigenvalue weighted by molar-refractivity contribution is 5.98. The Morgan fingerprint density at radius 1 is 1.19 bits per heavy atom. The Morgan fingerprint density at radius 2 is 1.90 bits per heavy atom. The molecule has 0 radical (unpaired) electrons. The number of ether oxygens (including phenoxy) is 1. The van der Waals surface area contributed by atoms with Gasteiger partial charge in [0, 0.05) is 12.6 Å². The molecule has 0 N–H and O–H groups in total. The summed E-state index contributed by atoms with van der Waals surface area (Å²) in [6.07, 6.45) is -0.440. The van der Waals surface area contributed by atoms with Gasteiger partial charge in [-0.3, -0.25) is 0 Å². The highest BCUT2D eigenvalue weighted by Gasteiger charge is 2.39. The van der Waals surface area contributed by atoms with Crippen LogP contribution in [-0.4, -0.2) is 10.7 Å². The number of carbonyl (C=O) groups excluding carboxylic acids is 1. The summed E-state index contributed by atoms with van der Waals surface area (Å²) in [5.41, 5.74) is 1.53. The van der Waals surface area contributed by atoms with Gasteiger partial charge in [-0.25, -0.2) is 9.69 Å². The minimum absolute atomic E-state index is 0.440. The second-order valence-electron chi connectivity index (χ2n) is 5.48. The maximum absolute atomic E-state index is 12.4. The van der Waals surface area contributed by atoms with Crippen LogP contribution in [0.2, 0.25) is 0 Å². The number of benzene rings is 1. The van der Waals surface area contributed by atoms with Crippen LogP contribution < -0.4 is 4.90 Å². The predicted octanol–water partition coefficient (Wildman–Crippen LogP) is 3.42. The van der Waals surface area contributed by atoms with Gasteiger partial charge in [0.15, 0.2) is 0 Å². The zero-order valence-corrected chi connectivity index (χ0v) is 12.1. The standard InChI is InChI=1S/C16H15N3O2/c1-16(2)12-6-4-5-7-13(12)19(15(20)21-16)14-9-8-11(10-17)18(14)3/h4-9H,1-3H3. The fourth-order valence-electron chi connectivity index (χ4n) is 2.65. The molecule has 1 aromatic carbocycles. The third-order valence-electron chi connectivity index (χ3n) is 3.76. The van der Waals surface area contributed by atoms with Crippen LogP contribution in [0.4, 0.5) is 16.3 Å². The van der Waals surface area contributed by atoms with Crippen molar-refractivity contribution in [2.24, 2.45) is 7.05 Å². The van der Waals surface area contributed by atoms with E-state index in [1.54, 1.807) is 23.7 Å². The smallest absolute Gasteiger partial charge is 0.421 e. The number of nitriles is 1. The molecule has 5 heteroatoms. The van der Waals surface area contributed by atoms with Gasteiger partial charge in [-0.1, -0.05) is 18.2 Å². The molecule has 0 saturated heterocycles. The molecule has 5 nitrogen and oxygen atoms in total. The summed E-state index contributed by atoms with van der Waals surface area (Å²) >= 11 is 0. The van der Waals surface area contributed by atoms with E-state index in [9.17, 15) is 4.79 Å². The van der Waals surface area contributed by atoms with E-state index < -0.39 is 11.7 Å². The van der Waals surface area contributed by atoms with Gasteiger partial charge in [-0.05, 0) is 32.0 Å². The van der Waals surface area contributed by atoms with Crippen molar-refractivity contribution in [1.82, 2.24) is 4.57 Å². The summed E-state index contributed by atoms with van der Waals surface area (Å²) in [5, 5.41) is 9.07. The topological polar surface area (TPSA) is 58.3 Å². The Morgan fingerprint density at radius 3 is 2.57 bits per heavy atom. The van der Waals surface area contributed by atoms with Gasteiger partial charge in [-0.15, -0.1) is 0 Å². The Labute approximate surface area is 123 Å². The van der Waals surface area contributed by atoms with Gasteiger partial charge < -0.3 is 9.30 Å². The van der Waals surface area contributed by atoms with E-state index in [1.165, 1.54) is 4.90 Å². The second-order valence-corrected chi connectivity index (χ2v) is 5.48. The van der Waals surface area contributed by atoms with Crippen LogP contribution in [0.15, 0.2) is 36.4 Å². The Hall–Kier alpha value is -2.74. The number of rotatable bonds is 1. The van der Waals surface area contributed by atoms with Crippen LogP contribution in [0.1, 0.15) is 25.1 Å². The number of aromatic nitrogens is 1. The normalized spacial score (nSPS) is 16.1. The first kappa shape index (κ1) is 13.3. The van der Waals surface area contributed by atoms with Crippen molar-refractivity contribution < 1.29 is 9.53 Å². The van der Waals surface area contributed by atoms with Gasteiger partial charge in [0.1, 0.15) is 23.2 Å². The summed E-state index contributed by atoms with van der Waals surface area (Å²) in [4.78, 5) is 13.9. The van der Waals surface area contributed by atoms with Crippen molar-refractivity contribution in [3.05, 3.63) is 47.7 Å². The zero-order chi connectivity index (χ0) is 15.2. The second kappa shape index (κ2) is 4.38. The summed E-state index contributed by atoms with van der Waals surface area (Å²) < 4.78 is 7.23. The van der Waals surface area contributed by atoms with Crippen molar-refractivity contribution in [2.75, 3.05) is 4.90 Å². The number of anilines is 2. The number of hydrogen-bond acceptors (Lipinski definition) is 3. The molecule has 0 bridgehead atoms. The maximum Gasteiger partial charge on any atom is 0.421 e. The van der Waals surface area contributed by atoms with Gasteiger partial charge in [-0.2, -0.15) is 5.26 Å². The molecule has 1 aliphatic heterocycles. The number of carbonyl (C=O) groups is 1. The molecule has 106 valence electrons. The molecular weight excluding hydrogens is 266 g/mol. The molecule has 1 aliphatic rings. The first-order valence-corrected chi connectivity index (χ1v) is 6.64. The molecule has 0 fully saturated rings. The van der Waals surface area contributed by atoms with Crippen molar-refractivity contribution in [2.45, 2.75) is 19.4 Å². The highest BCUT2D eigenvalue weighted by Crippen LogP contribution is 2.42. The van der Waals surface area contributed by atoms with Gasteiger partial charge in [0.25, 0.3) is 0 Å².